The van der Waals surface area contributed by atoms with Gasteiger partial charge in [-0.05, 0) is 43.5 Å². The smallest absolute Gasteiger partial charge is 0.0372 e. The predicted molar refractivity (Wildman–Crippen MR) is 74.5 cm³/mol. The van der Waals surface area contributed by atoms with Crippen molar-refractivity contribution in [3.8, 4) is 0 Å². The molecule has 0 saturated carbocycles. The molecule has 1 aliphatic rings. The third-order valence-corrected chi connectivity index (χ3v) is 3.61. The maximum absolute atomic E-state index is 3.56. The molecule has 1 N–H and O–H groups in total. The standard InChI is InChI=1S/C15H24N2/c1-3-9-17(4-2)12-13-10-14-7-5-6-8-15(14)16-11-13/h5-8,13,16H,3-4,9-12H2,1-2H3. The summed E-state index contributed by atoms with van der Waals surface area (Å²) in [4.78, 5) is 2.57. The number of nitrogens with one attached hydrogen (secondary N) is 1. The molecule has 1 atom stereocenters. The van der Waals surface area contributed by atoms with Crippen molar-refractivity contribution in [2.24, 2.45) is 5.92 Å². The minimum atomic E-state index is 0.761. The van der Waals surface area contributed by atoms with Gasteiger partial charge in [0.1, 0.15) is 0 Å². The highest BCUT2D eigenvalue weighted by molar-refractivity contribution is 5.53. The number of benzene rings is 1. The summed E-state index contributed by atoms with van der Waals surface area (Å²) in [7, 11) is 0. The molecule has 17 heavy (non-hydrogen) atoms. The van der Waals surface area contributed by atoms with Crippen LogP contribution in [-0.4, -0.2) is 31.1 Å². The van der Waals surface area contributed by atoms with E-state index in [0.717, 1.165) is 12.5 Å². The summed E-state index contributed by atoms with van der Waals surface area (Å²) in [5, 5.41) is 3.56. The second-order valence-corrected chi connectivity index (χ2v) is 5.00. The van der Waals surface area contributed by atoms with Gasteiger partial charge < -0.3 is 10.2 Å². The highest BCUT2D eigenvalue weighted by Crippen LogP contribution is 2.24. The van der Waals surface area contributed by atoms with E-state index in [-0.39, 0.29) is 0 Å². The van der Waals surface area contributed by atoms with Crippen LogP contribution in [0.4, 0.5) is 5.69 Å². The van der Waals surface area contributed by atoms with Crippen LogP contribution < -0.4 is 5.32 Å². The van der Waals surface area contributed by atoms with Gasteiger partial charge in [-0.2, -0.15) is 0 Å². The van der Waals surface area contributed by atoms with Crippen LogP contribution in [0, 0.1) is 5.92 Å². The number of hydrogen-bond acceptors (Lipinski definition) is 2. The van der Waals surface area contributed by atoms with E-state index in [4.69, 9.17) is 0 Å². The van der Waals surface area contributed by atoms with E-state index in [2.05, 4.69) is 48.3 Å². The van der Waals surface area contributed by atoms with Gasteiger partial charge in [-0.3, -0.25) is 0 Å². The van der Waals surface area contributed by atoms with Gasteiger partial charge in [-0.1, -0.05) is 32.0 Å². The molecule has 94 valence electrons. The number of nitrogens with zero attached hydrogens (tertiary/aromatic N) is 1. The summed E-state index contributed by atoms with van der Waals surface area (Å²) in [5.41, 5.74) is 2.82. The number of para-hydroxylation sites is 1. The third kappa shape index (κ3) is 3.22. The second-order valence-electron chi connectivity index (χ2n) is 5.00. The van der Waals surface area contributed by atoms with Crippen LogP contribution in [0.15, 0.2) is 24.3 Å². The van der Waals surface area contributed by atoms with Crippen molar-refractivity contribution in [2.45, 2.75) is 26.7 Å². The van der Waals surface area contributed by atoms with E-state index in [9.17, 15) is 0 Å². The molecule has 0 fully saturated rings. The van der Waals surface area contributed by atoms with Crippen molar-refractivity contribution in [2.75, 3.05) is 31.5 Å². The zero-order chi connectivity index (χ0) is 12.1. The molecule has 1 aromatic carbocycles. The minimum Gasteiger partial charge on any atom is -0.384 e. The van der Waals surface area contributed by atoms with Gasteiger partial charge >= 0.3 is 0 Å². The van der Waals surface area contributed by atoms with Crippen LogP contribution >= 0.6 is 0 Å². The Morgan fingerprint density at radius 2 is 2.12 bits per heavy atom. The molecule has 2 heteroatoms. The van der Waals surface area contributed by atoms with Gasteiger partial charge in [0.15, 0.2) is 0 Å². The van der Waals surface area contributed by atoms with Crippen molar-refractivity contribution in [3.05, 3.63) is 29.8 Å². The molecular weight excluding hydrogens is 208 g/mol. The van der Waals surface area contributed by atoms with Gasteiger partial charge in [0, 0.05) is 18.8 Å². The molecule has 1 heterocycles. The fourth-order valence-electron chi connectivity index (χ4n) is 2.70. The average molecular weight is 232 g/mol. The fourth-order valence-corrected chi connectivity index (χ4v) is 2.70. The lowest BCUT2D eigenvalue weighted by atomic mass is 9.93. The Balaban J connectivity index is 1.93. The molecule has 0 aliphatic carbocycles. The van der Waals surface area contributed by atoms with E-state index < -0.39 is 0 Å². The first-order valence-corrected chi connectivity index (χ1v) is 6.87. The average Bonchev–Trinajstić information content (AvgIpc) is 2.38. The molecule has 2 nitrogen and oxygen atoms in total. The van der Waals surface area contributed by atoms with Crippen molar-refractivity contribution >= 4 is 5.69 Å². The van der Waals surface area contributed by atoms with E-state index in [0.29, 0.717) is 0 Å². The van der Waals surface area contributed by atoms with Crippen molar-refractivity contribution in [3.63, 3.8) is 0 Å². The molecule has 0 spiro atoms. The molecule has 0 amide bonds. The number of hydrogen-bond donors (Lipinski definition) is 1. The maximum Gasteiger partial charge on any atom is 0.0372 e. The molecule has 0 saturated heterocycles. The first-order chi connectivity index (χ1) is 8.33. The molecule has 1 aliphatic heterocycles. The molecule has 1 aromatic rings. The summed E-state index contributed by atoms with van der Waals surface area (Å²) in [5.74, 6) is 0.761. The van der Waals surface area contributed by atoms with Gasteiger partial charge in [-0.25, -0.2) is 0 Å². The summed E-state index contributed by atoms with van der Waals surface area (Å²) in [6, 6.07) is 8.70. The van der Waals surface area contributed by atoms with Crippen LogP contribution in [0.1, 0.15) is 25.8 Å². The quantitative estimate of drug-likeness (QED) is 0.839. The largest absolute Gasteiger partial charge is 0.384 e. The summed E-state index contributed by atoms with van der Waals surface area (Å²) in [6.45, 7) is 9.28. The molecule has 0 radical (unpaired) electrons. The van der Waals surface area contributed by atoms with Crippen molar-refractivity contribution in [1.82, 2.24) is 4.90 Å². The number of anilines is 1. The van der Waals surface area contributed by atoms with Crippen LogP contribution in [0.3, 0.4) is 0 Å². The second kappa shape index (κ2) is 6.06. The zero-order valence-electron chi connectivity index (χ0n) is 11.1. The molecule has 0 aromatic heterocycles. The zero-order valence-corrected chi connectivity index (χ0v) is 11.1. The van der Waals surface area contributed by atoms with E-state index in [1.165, 1.54) is 43.7 Å². The lowest BCUT2D eigenvalue weighted by Crippen LogP contribution is -2.36. The molecule has 0 bridgehead atoms. The van der Waals surface area contributed by atoms with E-state index >= 15 is 0 Å². The summed E-state index contributed by atoms with van der Waals surface area (Å²) >= 11 is 0. The van der Waals surface area contributed by atoms with Crippen molar-refractivity contribution in [1.29, 1.82) is 0 Å². The van der Waals surface area contributed by atoms with Gasteiger partial charge in [0.25, 0.3) is 0 Å². The fraction of sp³-hybridized carbons (Fsp3) is 0.600. The lowest BCUT2D eigenvalue weighted by Gasteiger charge is -2.30. The Kier molecular flexibility index (Phi) is 4.43. The van der Waals surface area contributed by atoms with Crippen LogP contribution in [0.2, 0.25) is 0 Å². The van der Waals surface area contributed by atoms with Crippen LogP contribution in [-0.2, 0) is 6.42 Å². The topological polar surface area (TPSA) is 15.3 Å². The molecule has 2 rings (SSSR count). The number of rotatable bonds is 5. The summed E-state index contributed by atoms with van der Waals surface area (Å²) in [6.07, 6.45) is 2.48. The van der Waals surface area contributed by atoms with Crippen molar-refractivity contribution < 1.29 is 0 Å². The normalized spacial score (nSPS) is 18.9. The Labute approximate surface area is 105 Å². The Morgan fingerprint density at radius 1 is 1.29 bits per heavy atom. The van der Waals surface area contributed by atoms with E-state index in [1.54, 1.807) is 0 Å². The first-order valence-electron chi connectivity index (χ1n) is 6.87. The van der Waals surface area contributed by atoms with Crippen LogP contribution in [0.5, 0.6) is 0 Å². The van der Waals surface area contributed by atoms with Gasteiger partial charge in [0.05, 0.1) is 0 Å². The third-order valence-electron chi connectivity index (χ3n) is 3.61. The first kappa shape index (κ1) is 12.4. The maximum atomic E-state index is 3.56. The monoisotopic (exact) mass is 232 g/mol. The highest BCUT2D eigenvalue weighted by atomic mass is 15.1. The lowest BCUT2D eigenvalue weighted by molar-refractivity contribution is 0.243. The van der Waals surface area contributed by atoms with Gasteiger partial charge in [0.2, 0.25) is 0 Å². The van der Waals surface area contributed by atoms with E-state index in [1.807, 2.05) is 0 Å². The Morgan fingerprint density at radius 3 is 2.88 bits per heavy atom. The molecule has 1 unspecified atom stereocenters. The SMILES string of the molecule is CCCN(CC)CC1CNc2ccccc2C1. The Hall–Kier alpha value is -1.02. The summed E-state index contributed by atoms with van der Waals surface area (Å²) < 4.78 is 0. The molecular formula is C15H24N2. The minimum absolute atomic E-state index is 0.761. The van der Waals surface area contributed by atoms with Crippen LogP contribution in [0.25, 0.3) is 0 Å². The highest BCUT2D eigenvalue weighted by Gasteiger charge is 2.19. The number of fused-ring (bicyclic) bond motifs is 1. The Bertz CT molecular complexity index is 349. The predicted octanol–water partition coefficient (Wildman–Crippen LogP) is 3.00. The van der Waals surface area contributed by atoms with Gasteiger partial charge in [-0.15, -0.1) is 0 Å².